The fourth-order valence-corrected chi connectivity index (χ4v) is 6.04. The molecule has 0 unspecified atom stereocenters. The number of nitrogens with one attached hydrogen (secondary N) is 1. The minimum atomic E-state index is -3.78. The summed E-state index contributed by atoms with van der Waals surface area (Å²) >= 11 is 0. The molecular weight excluding hydrogens is 506 g/mol. The Labute approximate surface area is 213 Å². The molecule has 1 N–H and O–H groups in total. The quantitative estimate of drug-likeness (QED) is 0.492. The van der Waals surface area contributed by atoms with Gasteiger partial charge in [0.25, 0.3) is 5.91 Å². The van der Waals surface area contributed by atoms with Gasteiger partial charge in [0.2, 0.25) is 20.0 Å². The normalized spacial score (nSPS) is 15.7. The predicted octanol–water partition coefficient (Wildman–Crippen LogP) is 3.06. The average molecular weight is 540 g/mol. The molecule has 1 atom stereocenters. The minimum absolute atomic E-state index is 0.00394. The fraction of sp³-hybridized carbons (Fsp3) is 0.458. The summed E-state index contributed by atoms with van der Waals surface area (Å²) in [6.07, 6.45) is 3.21. The summed E-state index contributed by atoms with van der Waals surface area (Å²) in [6, 6.07) is 10.8. The van der Waals surface area contributed by atoms with Crippen LogP contribution in [0.15, 0.2) is 47.4 Å². The Morgan fingerprint density at radius 2 is 1.69 bits per heavy atom. The molecule has 0 spiro atoms. The lowest BCUT2D eigenvalue weighted by Crippen LogP contribution is -2.36. The van der Waals surface area contributed by atoms with E-state index < -0.39 is 32.1 Å². The second kappa shape index (κ2) is 11.5. The Balaban J connectivity index is 1.76. The molecule has 1 heterocycles. The first kappa shape index (κ1) is 27.8. The van der Waals surface area contributed by atoms with E-state index in [1.54, 1.807) is 37.3 Å². The average Bonchev–Trinajstić information content (AvgIpc) is 2.87. The highest BCUT2D eigenvalue weighted by molar-refractivity contribution is 7.92. The van der Waals surface area contributed by atoms with Crippen LogP contribution in [0.1, 0.15) is 32.6 Å². The molecule has 1 aliphatic heterocycles. The monoisotopic (exact) mass is 539 g/mol. The maximum absolute atomic E-state index is 13.2. The molecule has 1 fully saturated rings. The summed E-state index contributed by atoms with van der Waals surface area (Å²) in [4.78, 5) is 13.0. The molecule has 0 radical (unpaired) electrons. The van der Waals surface area contributed by atoms with Crippen LogP contribution in [0, 0.1) is 0 Å². The van der Waals surface area contributed by atoms with E-state index in [1.165, 1.54) is 30.6 Å². The van der Waals surface area contributed by atoms with E-state index >= 15 is 0 Å². The zero-order valence-corrected chi connectivity index (χ0v) is 22.6. The number of ether oxygens (including phenoxy) is 2. The van der Waals surface area contributed by atoms with Crippen LogP contribution < -0.4 is 19.1 Å². The maximum atomic E-state index is 13.2. The van der Waals surface area contributed by atoms with Crippen LogP contribution in [0.5, 0.6) is 11.5 Å². The van der Waals surface area contributed by atoms with Gasteiger partial charge < -0.3 is 14.8 Å². The summed E-state index contributed by atoms with van der Waals surface area (Å²) in [6.45, 7) is 2.69. The molecule has 0 aromatic heterocycles. The van der Waals surface area contributed by atoms with Crippen molar-refractivity contribution in [3.8, 4) is 11.5 Å². The lowest BCUT2D eigenvalue weighted by Gasteiger charge is -2.26. The van der Waals surface area contributed by atoms with Gasteiger partial charge in [-0.1, -0.05) is 13.3 Å². The summed E-state index contributed by atoms with van der Waals surface area (Å²) in [5, 5.41) is 2.74. The van der Waals surface area contributed by atoms with Gasteiger partial charge in [-0.05, 0) is 61.7 Å². The Morgan fingerprint density at radius 3 is 2.25 bits per heavy atom. The van der Waals surface area contributed by atoms with Gasteiger partial charge in [0, 0.05) is 25.8 Å². The number of piperidine rings is 1. The molecule has 12 heteroatoms. The smallest absolute Gasteiger partial charge is 0.265 e. The molecule has 2 aromatic rings. The van der Waals surface area contributed by atoms with E-state index in [9.17, 15) is 21.6 Å². The van der Waals surface area contributed by atoms with E-state index in [0.29, 0.717) is 36.6 Å². The van der Waals surface area contributed by atoms with E-state index in [4.69, 9.17) is 9.47 Å². The Morgan fingerprint density at radius 1 is 1.06 bits per heavy atom. The molecule has 0 saturated carbocycles. The number of hydrogen-bond donors (Lipinski definition) is 1. The fourth-order valence-electron chi connectivity index (χ4n) is 3.84. The van der Waals surface area contributed by atoms with Crippen molar-refractivity contribution in [3.63, 3.8) is 0 Å². The number of anilines is 2. The Hall–Kier alpha value is -2.83. The lowest BCUT2D eigenvalue weighted by atomic mass is 10.2. The van der Waals surface area contributed by atoms with Crippen molar-refractivity contribution in [3.05, 3.63) is 42.5 Å². The SMILES string of the molecule is CC[C@H](Oc1ccc(N(C)S(C)(=O)=O)cc1)C(=O)Nc1ccc(OC)c(S(=O)(=O)N2CCCCC2)c1. The van der Waals surface area contributed by atoms with Crippen LogP contribution in [0.4, 0.5) is 11.4 Å². The minimum Gasteiger partial charge on any atom is -0.495 e. The van der Waals surface area contributed by atoms with Crippen LogP contribution >= 0.6 is 0 Å². The van der Waals surface area contributed by atoms with Gasteiger partial charge in [0.05, 0.1) is 19.1 Å². The van der Waals surface area contributed by atoms with Gasteiger partial charge in [0.1, 0.15) is 16.4 Å². The molecule has 1 aliphatic rings. The Kier molecular flexibility index (Phi) is 8.85. The number of carbonyl (C=O) groups is 1. The molecule has 2 aromatic carbocycles. The molecule has 36 heavy (non-hydrogen) atoms. The predicted molar refractivity (Wildman–Crippen MR) is 139 cm³/mol. The number of carbonyl (C=O) groups excluding carboxylic acids is 1. The number of methoxy groups -OCH3 is 1. The Bertz CT molecular complexity index is 1270. The van der Waals surface area contributed by atoms with Crippen LogP contribution in [0.3, 0.4) is 0 Å². The summed E-state index contributed by atoms with van der Waals surface area (Å²) < 4.78 is 63.6. The number of amides is 1. The van der Waals surface area contributed by atoms with E-state index in [1.807, 2.05) is 0 Å². The molecule has 1 amide bonds. The van der Waals surface area contributed by atoms with Crippen molar-refractivity contribution in [1.29, 1.82) is 0 Å². The van der Waals surface area contributed by atoms with Crippen molar-refractivity contribution in [2.24, 2.45) is 0 Å². The van der Waals surface area contributed by atoms with Gasteiger partial charge >= 0.3 is 0 Å². The third-order valence-corrected chi connectivity index (χ3v) is 9.13. The third kappa shape index (κ3) is 6.48. The van der Waals surface area contributed by atoms with Crippen LogP contribution in [-0.4, -0.2) is 66.7 Å². The molecular formula is C24H33N3O7S2. The van der Waals surface area contributed by atoms with Crippen molar-refractivity contribution >= 4 is 37.3 Å². The third-order valence-electron chi connectivity index (χ3n) is 6.00. The zero-order valence-electron chi connectivity index (χ0n) is 20.9. The highest BCUT2D eigenvalue weighted by atomic mass is 32.2. The van der Waals surface area contributed by atoms with Gasteiger partial charge in [-0.2, -0.15) is 4.31 Å². The highest BCUT2D eigenvalue weighted by Crippen LogP contribution is 2.31. The molecule has 0 aliphatic carbocycles. The lowest BCUT2D eigenvalue weighted by molar-refractivity contribution is -0.122. The number of benzene rings is 2. The van der Waals surface area contributed by atoms with E-state index in [0.717, 1.165) is 29.8 Å². The highest BCUT2D eigenvalue weighted by Gasteiger charge is 2.29. The second-order valence-corrected chi connectivity index (χ2v) is 12.5. The topological polar surface area (TPSA) is 122 Å². The number of nitrogens with zero attached hydrogens (tertiary/aromatic N) is 2. The summed E-state index contributed by atoms with van der Waals surface area (Å²) in [5.74, 6) is 0.160. The van der Waals surface area contributed by atoms with Crippen LogP contribution in [-0.2, 0) is 24.8 Å². The van der Waals surface area contributed by atoms with Gasteiger partial charge in [0.15, 0.2) is 6.10 Å². The van der Waals surface area contributed by atoms with Gasteiger partial charge in [-0.15, -0.1) is 0 Å². The molecule has 1 saturated heterocycles. The maximum Gasteiger partial charge on any atom is 0.265 e. The number of hydrogen-bond acceptors (Lipinski definition) is 7. The largest absolute Gasteiger partial charge is 0.495 e. The molecule has 10 nitrogen and oxygen atoms in total. The van der Waals surface area contributed by atoms with Gasteiger partial charge in [-0.25, -0.2) is 16.8 Å². The summed E-state index contributed by atoms with van der Waals surface area (Å²) in [7, 11) is -4.33. The zero-order chi connectivity index (χ0) is 26.5. The van der Waals surface area contributed by atoms with E-state index in [-0.39, 0.29) is 10.6 Å². The first-order valence-electron chi connectivity index (χ1n) is 11.7. The number of rotatable bonds is 10. The van der Waals surface area contributed by atoms with Crippen molar-refractivity contribution in [1.82, 2.24) is 4.31 Å². The first-order chi connectivity index (χ1) is 17.0. The van der Waals surface area contributed by atoms with Crippen LogP contribution in [0.25, 0.3) is 0 Å². The molecule has 0 bridgehead atoms. The standard InChI is InChI=1S/C24H33N3O7S2/c1-5-21(34-20-12-10-19(11-13-20)26(2)35(4,29)30)24(28)25-18-9-14-22(33-3)23(17-18)36(31,32)27-15-7-6-8-16-27/h9-14,17,21H,5-8,15-16H2,1-4H3,(H,25,28)/t21-/m0/s1. The van der Waals surface area contributed by atoms with E-state index in [2.05, 4.69) is 5.32 Å². The van der Waals surface area contributed by atoms with Crippen molar-refractivity contribution in [2.45, 2.75) is 43.6 Å². The van der Waals surface area contributed by atoms with Crippen molar-refractivity contribution in [2.75, 3.05) is 43.1 Å². The van der Waals surface area contributed by atoms with Crippen molar-refractivity contribution < 1.29 is 31.1 Å². The second-order valence-electron chi connectivity index (χ2n) is 8.56. The van der Waals surface area contributed by atoms with Crippen LogP contribution in [0.2, 0.25) is 0 Å². The first-order valence-corrected chi connectivity index (χ1v) is 15.0. The van der Waals surface area contributed by atoms with Gasteiger partial charge in [-0.3, -0.25) is 9.10 Å². The molecule has 198 valence electrons. The summed E-state index contributed by atoms with van der Waals surface area (Å²) in [5.41, 5.74) is 0.770. The molecule has 3 rings (SSSR count). The number of sulfonamides is 2.